The Labute approximate surface area is 157 Å². The van der Waals surface area contributed by atoms with Gasteiger partial charge in [0, 0.05) is 12.6 Å². The number of nitrogens with zero attached hydrogens (tertiary/aromatic N) is 2. The number of methoxy groups -OCH3 is 1. The van der Waals surface area contributed by atoms with Crippen LogP contribution < -0.4 is 14.8 Å². The summed E-state index contributed by atoms with van der Waals surface area (Å²) in [5, 5.41) is 2.74. The molecule has 28 heavy (non-hydrogen) atoms. The quantitative estimate of drug-likeness (QED) is 0.688. The number of alkyl halides is 3. The number of benzene rings is 1. The Hall–Kier alpha value is -3.01. The molecule has 147 valence electrons. The molecule has 0 amide bonds. The molecule has 1 aromatic carbocycles. The maximum Gasteiger partial charge on any atom is 0.418 e. The smallest absolute Gasteiger partial charge is 0.418 e. The first-order valence-corrected chi connectivity index (χ1v) is 8.47. The van der Waals surface area contributed by atoms with Gasteiger partial charge in [0.15, 0.2) is 0 Å². The molecule has 1 saturated heterocycles. The number of aromatic amines is 1. The van der Waals surface area contributed by atoms with E-state index in [9.17, 15) is 13.2 Å². The highest BCUT2D eigenvalue weighted by molar-refractivity contribution is 5.87. The van der Waals surface area contributed by atoms with Gasteiger partial charge in [-0.3, -0.25) is 0 Å². The topological polar surface area (TPSA) is 81.3 Å². The van der Waals surface area contributed by atoms with Crippen molar-refractivity contribution in [2.75, 3.05) is 25.6 Å². The van der Waals surface area contributed by atoms with Gasteiger partial charge >= 0.3 is 6.18 Å². The van der Waals surface area contributed by atoms with Crippen molar-refractivity contribution in [1.82, 2.24) is 15.0 Å². The minimum atomic E-state index is -4.57. The van der Waals surface area contributed by atoms with Crippen molar-refractivity contribution in [2.24, 2.45) is 0 Å². The third kappa shape index (κ3) is 3.55. The number of fused-ring (bicyclic) bond motifs is 1. The summed E-state index contributed by atoms with van der Waals surface area (Å²) in [6, 6.07) is 7.84. The highest BCUT2D eigenvalue weighted by Gasteiger charge is 2.36. The molecule has 4 rings (SSSR count). The van der Waals surface area contributed by atoms with Gasteiger partial charge in [-0.15, -0.1) is 0 Å². The summed E-state index contributed by atoms with van der Waals surface area (Å²) in [7, 11) is 1.49. The number of nitrogens with one attached hydrogen (secondary N) is 2. The Morgan fingerprint density at radius 1 is 1.36 bits per heavy atom. The van der Waals surface area contributed by atoms with Crippen molar-refractivity contribution >= 4 is 22.7 Å². The lowest BCUT2D eigenvalue weighted by atomic mass is 10.2. The molecule has 3 aromatic rings. The SMILES string of the molecule is COc1c[c]ccc1Nc1nc(OC2CCOC2)c2c(C(F)(F)F)c[nH]c2n1. The Balaban J connectivity index is 1.78. The van der Waals surface area contributed by atoms with Gasteiger partial charge in [0.1, 0.15) is 17.5 Å². The fourth-order valence-electron chi connectivity index (χ4n) is 2.94. The lowest BCUT2D eigenvalue weighted by Crippen LogP contribution is -2.18. The van der Waals surface area contributed by atoms with Crippen LogP contribution in [0.1, 0.15) is 12.0 Å². The van der Waals surface area contributed by atoms with Crippen LogP contribution in [0.2, 0.25) is 0 Å². The number of aromatic nitrogens is 3. The molecule has 0 aliphatic carbocycles. The number of H-pyrrole nitrogens is 1. The number of ether oxygens (including phenoxy) is 3. The Morgan fingerprint density at radius 3 is 2.93 bits per heavy atom. The Bertz CT molecular complexity index is 984. The first-order chi connectivity index (χ1) is 13.5. The molecule has 1 unspecified atom stereocenters. The van der Waals surface area contributed by atoms with Crippen molar-refractivity contribution in [2.45, 2.75) is 18.7 Å². The second kappa shape index (κ2) is 7.19. The first kappa shape index (κ1) is 18.4. The minimum Gasteiger partial charge on any atom is -0.495 e. The number of anilines is 2. The minimum absolute atomic E-state index is 0.0141. The van der Waals surface area contributed by atoms with Crippen LogP contribution in [0.25, 0.3) is 11.0 Å². The van der Waals surface area contributed by atoms with Crippen molar-refractivity contribution in [1.29, 1.82) is 0 Å². The molecule has 0 saturated carbocycles. The zero-order chi connectivity index (χ0) is 19.7. The summed E-state index contributed by atoms with van der Waals surface area (Å²) in [6.45, 7) is 0.781. The maximum atomic E-state index is 13.4. The summed E-state index contributed by atoms with van der Waals surface area (Å²) in [5.74, 6) is 0.403. The van der Waals surface area contributed by atoms with Crippen LogP contribution >= 0.6 is 0 Å². The third-order valence-electron chi connectivity index (χ3n) is 4.26. The van der Waals surface area contributed by atoms with E-state index < -0.39 is 11.7 Å². The summed E-state index contributed by atoms with van der Waals surface area (Å²) in [4.78, 5) is 10.9. The van der Waals surface area contributed by atoms with Gasteiger partial charge in [0.2, 0.25) is 11.8 Å². The van der Waals surface area contributed by atoms with Crippen LogP contribution in [0.15, 0.2) is 24.4 Å². The molecule has 1 fully saturated rings. The van der Waals surface area contributed by atoms with Gasteiger partial charge in [0.25, 0.3) is 0 Å². The molecule has 10 heteroatoms. The van der Waals surface area contributed by atoms with Crippen LogP contribution in [0, 0.1) is 6.07 Å². The molecule has 1 radical (unpaired) electrons. The fourth-order valence-corrected chi connectivity index (χ4v) is 2.94. The van der Waals surface area contributed by atoms with Gasteiger partial charge in [-0.25, -0.2) is 0 Å². The van der Waals surface area contributed by atoms with Crippen molar-refractivity contribution in [3.63, 3.8) is 0 Å². The summed E-state index contributed by atoms with van der Waals surface area (Å²) in [5.41, 5.74) is -0.326. The summed E-state index contributed by atoms with van der Waals surface area (Å²) >= 11 is 0. The van der Waals surface area contributed by atoms with Crippen LogP contribution in [-0.4, -0.2) is 41.4 Å². The predicted octanol–water partition coefficient (Wildman–Crippen LogP) is 3.70. The van der Waals surface area contributed by atoms with Crippen LogP contribution in [-0.2, 0) is 10.9 Å². The van der Waals surface area contributed by atoms with Crippen LogP contribution in [0.5, 0.6) is 11.6 Å². The van der Waals surface area contributed by atoms with Gasteiger partial charge in [0.05, 0.1) is 37.0 Å². The van der Waals surface area contributed by atoms with E-state index in [0.717, 1.165) is 6.20 Å². The highest BCUT2D eigenvalue weighted by Crippen LogP contribution is 2.39. The highest BCUT2D eigenvalue weighted by atomic mass is 19.4. The third-order valence-corrected chi connectivity index (χ3v) is 4.26. The van der Waals surface area contributed by atoms with E-state index in [1.165, 1.54) is 7.11 Å². The van der Waals surface area contributed by atoms with Crippen LogP contribution in [0.4, 0.5) is 24.8 Å². The fraction of sp³-hybridized carbons (Fsp3) is 0.333. The van der Waals surface area contributed by atoms with Gasteiger partial charge in [-0.05, 0) is 18.2 Å². The molecule has 1 aliphatic heterocycles. The van der Waals surface area contributed by atoms with Crippen LogP contribution in [0.3, 0.4) is 0 Å². The number of rotatable bonds is 5. The average Bonchev–Trinajstić information content (AvgIpc) is 3.31. The number of hydrogen-bond donors (Lipinski definition) is 2. The molecule has 3 heterocycles. The lowest BCUT2D eigenvalue weighted by Gasteiger charge is -2.15. The van der Waals surface area contributed by atoms with E-state index in [4.69, 9.17) is 14.2 Å². The molecule has 2 N–H and O–H groups in total. The molecule has 1 aliphatic rings. The number of halogens is 3. The Kier molecular flexibility index (Phi) is 4.71. The lowest BCUT2D eigenvalue weighted by molar-refractivity contribution is -0.136. The Morgan fingerprint density at radius 2 is 2.21 bits per heavy atom. The summed E-state index contributed by atoms with van der Waals surface area (Å²) < 4.78 is 56.4. The second-order valence-electron chi connectivity index (χ2n) is 6.13. The molecule has 0 spiro atoms. The maximum absolute atomic E-state index is 13.4. The molecule has 0 bridgehead atoms. The van der Waals surface area contributed by atoms with E-state index >= 15 is 0 Å². The number of hydrogen-bond acceptors (Lipinski definition) is 6. The average molecular weight is 393 g/mol. The van der Waals surface area contributed by atoms with Gasteiger partial charge in [-0.2, -0.15) is 23.1 Å². The zero-order valence-corrected chi connectivity index (χ0v) is 14.8. The summed E-state index contributed by atoms with van der Waals surface area (Å²) in [6.07, 6.45) is -3.51. The van der Waals surface area contributed by atoms with E-state index in [1.54, 1.807) is 18.2 Å². The van der Waals surface area contributed by atoms with Crippen molar-refractivity contribution < 1.29 is 27.4 Å². The van der Waals surface area contributed by atoms with E-state index in [2.05, 4.69) is 26.3 Å². The standard InChI is InChI=1S/C18H16F3N4O3/c1-26-13-5-3-2-4-12(13)23-17-24-15-14(11(8-22-15)18(19,20)21)16(25-17)28-10-6-7-27-9-10/h2,4-5,8,10H,6-7,9H2,1H3,(H2,22,23,24,25). The monoisotopic (exact) mass is 393 g/mol. The van der Waals surface area contributed by atoms with Crippen molar-refractivity contribution in [3.05, 3.63) is 36.0 Å². The molecular formula is C18H16F3N4O3. The van der Waals surface area contributed by atoms with E-state index in [1.807, 2.05) is 0 Å². The molecular weight excluding hydrogens is 377 g/mol. The largest absolute Gasteiger partial charge is 0.495 e. The first-order valence-electron chi connectivity index (χ1n) is 8.47. The van der Waals surface area contributed by atoms with E-state index in [0.29, 0.717) is 31.1 Å². The van der Waals surface area contributed by atoms with Gasteiger partial charge in [-0.1, -0.05) is 6.07 Å². The molecule has 1 atom stereocenters. The zero-order valence-electron chi connectivity index (χ0n) is 14.8. The molecule has 7 nitrogen and oxygen atoms in total. The predicted molar refractivity (Wildman–Crippen MR) is 93.9 cm³/mol. The van der Waals surface area contributed by atoms with Crippen molar-refractivity contribution in [3.8, 4) is 11.6 Å². The molecule has 2 aromatic heterocycles. The van der Waals surface area contributed by atoms with E-state index in [-0.39, 0.29) is 29.0 Å². The van der Waals surface area contributed by atoms with Gasteiger partial charge < -0.3 is 24.5 Å². The second-order valence-corrected chi connectivity index (χ2v) is 6.13. The normalized spacial score (nSPS) is 17.1.